The fourth-order valence-electron chi connectivity index (χ4n) is 1.73. The molecular formula is C14H10Br2N2O5S. The molecule has 0 unspecified atom stereocenters. The molecule has 0 saturated heterocycles. The van der Waals surface area contributed by atoms with Crippen molar-refractivity contribution in [2.45, 2.75) is 6.92 Å². The molecule has 10 heteroatoms. The molecule has 7 nitrogen and oxygen atoms in total. The molecule has 0 atom stereocenters. The standard InChI is InChI=1S/C14H10Br2N2O5S/c1-7-4-8(15)13(9(16)5-7)17-11(19)6-23-14(20)10-2-3-12(24-10)18(21)22/h2-5H,6H2,1H3,(H,17,19). The van der Waals surface area contributed by atoms with Crippen molar-refractivity contribution < 1.29 is 19.2 Å². The van der Waals surface area contributed by atoms with Crippen LogP contribution in [0.5, 0.6) is 0 Å². The molecule has 1 heterocycles. The van der Waals surface area contributed by atoms with E-state index < -0.39 is 23.4 Å². The van der Waals surface area contributed by atoms with Gasteiger partial charge < -0.3 is 10.1 Å². The summed E-state index contributed by atoms with van der Waals surface area (Å²) in [6, 6.07) is 6.16. The largest absolute Gasteiger partial charge is 0.451 e. The highest BCUT2D eigenvalue weighted by atomic mass is 79.9. The van der Waals surface area contributed by atoms with E-state index in [9.17, 15) is 19.7 Å². The summed E-state index contributed by atoms with van der Waals surface area (Å²) in [4.78, 5) is 33.7. The Morgan fingerprint density at radius 3 is 2.46 bits per heavy atom. The number of halogens is 2. The van der Waals surface area contributed by atoms with Crippen molar-refractivity contribution >= 4 is 65.8 Å². The fraction of sp³-hybridized carbons (Fsp3) is 0.143. The van der Waals surface area contributed by atoms with E-state index in [0.29, 0.717) is 26.0 Å². The van der Waals surface area contributed by atoms with Crippen LogP contribution in [0.4, 0.5) is 10.7 Å². The molecule has 1 aromatic carbocycles. The molecule has 0 aliphatic carbocycles. The fourth-order valence-corrected chi connectivity index (χ4v) is 4.06. The Kier molecular flexibility index (Phi) is 6.08. The maximum atomic E-state index is 11.9. The number of thiophene rings is 1. The number of rotatable bonds is 5. The highest BCUT2D eigenvalue weighted by Gasteiger charge is 2.18. The van der Waals surface area contributed by atoms with Gasteiger partial charge in [-0.3, -0.25) is 14.9 Å². The average Bonchev–Trinajstić information content (AvgIpc) is 2.98. The third kappa shape index (κ3) is 4.62. The summed E-state index contributed by atoms with van der Waals surface area (Å²) < 4.78 is 6.23. The van der Waals surface area contributed by atoms with Crippen LogP contribution >= 0.6 is 43.2 Å². The van der Waals surface area contributed by atoms with Crippen LogP contribution in [0.15, 0.2) is 33.2 Å². The van der Waals surface area contributed by atoms with Crippen LogP contribution in [0.3, 0.4) is 0 Å². The second kappa shape index (κ2) is 7.86. The summed E-state index contributed by atoms with van der Waals surface area (Å²) in [6.07, 6.45) is 0. The van der Waals surface area contributed by atoms with Crippen LogP contribution < -0.4 is 5.32 Å². The van der Waals surface area contributed by atoms with Gasteiger partial charge in [0.15, 0.2) is 6.61 Å². The normalized spacial score (nSPS) is 10.3. The van der Waals surface area contributed by atoms with E-state index in [2.05, 4.69) is 37.2 Å². The zero-order valence-electron chi connectivity index (χ0n) is 12.2. The van der Waals surface area contributed by atoms with Gasteiger partial charge in [0.2, 0.25) is 0 Å². The monoisotopic (exact) mass is 476 g/mol. The molecule has 1 aromatic heterocycles. The van der Waals surface area contributed by atoms with Gasteiger partial charge in [-0.25, -0.2) is 4.79 Å². The van der Waals surface area contributed by atoms with Gasteiger partial charge in [0, 0.05) is 15.0 Å². The number of amides is 1. The van der Waals surface area contributed by atoms with Gasteiger partial charge in [-0.15, -0.1) is 0 Å². The number of nitrogens with zero attached hydrogens (tertiary/aromatic N) is 1. The van der Waals surface area contributed by atoms with Crippen LogP contribution in [0.2, 0.25) is 0 Å². The number of aryl methyl sites for hydroxylation is 1. The van der Waals surface area contributed by atoms with Crippen molar-refractivity contribution in [3.63, 3.8) is 0 Å². The Balaban J connectivity index is 1.95. The molecule has 0 bridgehead atoms. The third-order valence-corrected chi connectivity index (χ3v) is 5.03. The van der Waals surface area contributed by atoms with E-state index >= 15 is 0 Å². The molecule has 126 valence electrons. The topological polar surface area (TPSA) is 98.5 Å². The second-order valence-corrected chi connectivity index (χ2v) is 7.39. The minimum atomic E-state index is -0.787. The molecule has 2 rings (SSSR count). The smallest absolute Gasteiger partial charge is 0.349 e. The van der Waals surface area contributed by atoms with Crippen LogP contribution in [-0.4, -0.2) is 23.4 Å². The van der Waals surface area contributed by atoms with E-state index in [1.54, 1.807) is 0 Å². The molecule has 0 spiro atoms. The molecule has 0 radical (unpaired) electrons. The van der Waals surface area contributed by atoms with Crippen LogP contribution in [0, 0.1) is 17.0 Å². The lowest BCUT2D eigenvalue weighted by atomic mass is 10.2. The lowest BCUT2D eigenvalue weighted by Gasteiger charge is -2.10. The van der Waals surface area contributed by atoms with Gasteiger partial charge in [0.25, 0.3) is 5.91 Å². The van der Waals surface area contributed by atoms with E-state index in [0.717, 1.165) is 5.56 Å². The lowest BCUT2D eigenvalue weighted by molar-refractivity contribution is -0.380. The Hall–Kier alpha value is -1.78. The highest BCUT2D eigenvalue weighted by molar-refractivity contribution is 9.11. The number of esters is 1. The molecule has 0 aliphatic heterocycles. The van der Waals surface area contributed by atoms with Crippen LogP contribution in [0.1, 0.15) is 15.2 Å². The van der Waals surface area contributed by atoms with Gasteiger partial charge in [-0.1, -0.05) is 11.3 Å². The van der Waals surface area contributed by atoms with Gasteiger partial charge in [-0.2, -0.15) is 0 Å². The number of carbonyl (C=O) groups is 2. The molecule has 24 heavy (non-hydrogen) atoms. The highest BCUT2D eigenvalue weighted by Crippen LogP contribution is 2.32. The summed E-state index contributed by atoms with van der Waals surface area (Å²) in [5.74, 6) is -1.31. The molecule has 1 N–H and O–H groups in total. The average molecular weight is 478 g/mol. The maximum absolute atomic E-state index is 11.9. The zero-order valence-corrected chi connectivity index (χ0v) is 16.2. The number of nitro groups is 1. The van der Waals surface area contributed by atoms with Crippen molar-refractivity contribution in [3.05, 3.63) is 53.8 Å². The van der Waals surface area contributed by atoms with Gasteiger partial charge in [0.1, 0.15) is 4.88 Å². The molecule has 2 aromatic rings. The molecular weight excluding hydrogens is 468 g/mol. The van der Waals surface area contributed by atoms with Crippen molar-refractivity contribution in [1.29, 1.82) is 0 Å². The Morgan fingerprint density at radius 1 is 1.29 bits per heavy atom. The molecule has 1 amide bonds. The number of anilines is 1. The first-order valence-electron chi connectivity index (χ1n) is 6.44. The van der Waals surface area contributed by atoms with Gasteiger partial charge in [-0.05, 0) is 62.5 Å². The van der Waals surface area contributed by atoms with Crippen LogP contribution in [-0.2, 0) is 9.53 Å². The summed E-state index contributed by atoms with van der Waals surface area (Å²) in [5, 5.41) is 13.0. The first kappa shape index (κ1) is 18.6. The number of carbonyl (C=O) groups excluding carboxylic acids is 2. The van der Waals surface area contributed by atoms with Crippen molar-refractivity contribution in [2.75, 3.05) is 11.9 Å². The first-order chi connectivity index (χ1) is 11.3. The van der Waals surface area contributed by atoms with E-state index in [1.165, 1.54) is 12.1 Å². The van der Waals surface area contributed by atoms with Crippen molar-refractivity contribution in [3.8, 4) is 0 Å². The number of hydrogen-bond donors (Lipinski definition) is 1. The van der Waals surface area contributed by atoms with Crippen molar-refractivity contribution in [1.82, 2.24) is 0 Å². The maximum Gasteiger partial charge on any atom is 0.349 e. The SMILES string of the molecule is Cc1cc(Br)c(NC(=O)COC(=O)c2ccc([N+](=O)[O-])s2)c(Br)c1. The zero-order chi connectivity index (χ0) is 17.9. The van der Waals surface area contributed by atoms with Crippen LogP contribution in [0.25, 0.3) is 0 Å². The number of benzene rings is 1. The predicted molar refractivity (Wildman–Crippen MR) is 96.5 cm³/mol. The predicted octanol–water partition coefficient (Wildman–Crippen LogP) is 4.29. The quantitative estimate of drug-likeness (QED) is 0.393. The number of hydrogen-bond acceptors (Lipinski definition) is 6. The molecule has 0 saturated carbocycles. The van der Waals surface area contributed by atoms with E-state index in [-0.39, 0.29) is 9.88 Å². The second-order valence-electron chi connectivity index (χ2n) is 4.62. The minimum absolute atomic E-state index is 0.0622. The molecule has 0 aliphatic rings. The Labute approximate surface area is 157 Å². The van der Waals surface area contributed by atoms with E-state index in [4.69, 9.17) is 4.74 Å². The summed E-state index contributed by atoms with van der Waals surface area (Å²) in [6.45, 7) is 1.40. The van der Waals surface area contributed by atoms with Gasteiger partial charge in [0.05, 0.1) is 10.6 Å². The minimum Gasteiger partial charge on any atom is -0.451 e. The van der Waals surface area contributed by atoms with E-state index in [1.807, 2.05) is 19.1 Å². The Bertz CT molecular complexity index is 798. The Morgan fingerprint density at radius 2 is 1.92 bits per heavy atom. The first-order valence-corrected chi connectivity index (χ1v) is 8.85. The summed E-state index contributed by atoms with van der Waals surface area (Å²) >= 11 is 7.38. The van der Waals surface area contributed by atoms with Gasteiger partial charge >= 0.3 is 11.0 Å². The van der Waals surface area contributed by atoms with Crippen molar-refractivity contribution in [2.24, 2.45) is 0 Å². The third-order valence-electron chi connectivity index (χ3n) is 2.76. The number of nitrogens with one attached hydrogen (secondary N) is 1. The number of ether oxygens (including phenoxy) is 1. The summed E-state index contributed by atoms with van der Waals surface area (Å²) in [7, 11) is 0. The molecule has 0 fully saturated rings. The lowest BCUT2D eigenvalue weighted by Crippen LogP contribution is -2.21. The summed E-state index contributed by atoms with van der Waals surface area (Å²) in [5.41, 5.74) is 1.52.